The molecular formula is C15H14N4O5. The fourth-order valence-corrected chi connectivity index (χ4v) is 1.95. The van der Waals surface area contributed by atoms with Crippen LogP contribution >= 0.6 is 0 Å². The van der Waals surface area contributed by atoms with Crippen LogP contribution in [0.4, 0.5) is 17.1 Å². The molecule has 0 amide bonds. The van der Waals surface area contributed by atoms with E-state index in [4.69, 9.17) is 4.74 Å². The third-order valence-corrected chi connectivity index (χ3v) is 3.09. The number of nitro groups is 2. The van der Waals surface area contributed by atoms with Gasteiger partial charge in [-0.25, -0.2) is 0 Å². The largest absolute Gasteiger partial charge is 0.378 e. The second-order valence-electron chi connectivity index (χ2n) is 4.69. The summed E-state index contributed by atoms with van der Waals surface area (Å²) in [7, 11) is 1.51. The second-order valence-corrected chi connectivity index (χ2v) is 4.69. The minimum Gasteiger partial charge on any atom is -0.378 e. The Balaban J connectivity index is 2.34. The van der Waals surface area contributed by atoms with Crippen molar-refractivity contribution in [2.24, 2.45) is 5.10 Å². The molecule has 0 fully saturated rings. The number of hydrogen-bond acceptors (Lipinski definition) is 7. The van der Waals surface area contributed by atoms with Crippen LogP contribution in [0.3, 0.4) is 0 Å². The molecule has 2 aromatic rings. The highest BCUT2D eigenvalue weighted by molar-refractivity contribution is 6.02. The van der Waals surface area contributed by atoms with Crippen molar-refractivity contribution in [1.82, 2.24) is 0 Å². The lowest BCUT2D eigenvalue weighted by Gasteiger charge is -2.07. The molecule has 0 saturated carbocycles. The van der Waals surface area contributed by atoms with Crippen molar-refractivity contribution < 1.29 is 14.6 Å². The molecule has 0 spiro atoms. The molecule has 0 radical (unpaired) electrons. The number of nitrogens with zero attached hydrogens (tertiary/aromatic N) is 3. The Hall–Kier alpha value is -3.33. The molecule has 9 nitrogen and oxygen atoms in total. The smallest absolute Gasteiger partial charge is 0.301 e. The first kappa shape index (κ1) is 17.0. The van der Waals surface area contributed by atoms with Crippen LogP contribution in [0.1, 0.15) is 5.56 Å². The summed E-state index contributed by atoms with van der Waals surface area (Å²) in [4.78, 5) is 20.4. The van der Waals surface area contributed by atoms with E-state index < -0.39 is 15.5 Å². The van der Waals surface area contributed by atoms with Crippen LogP contribution in [0.2, 0.25) is 0 Å². The monoisotopic (exact) mass is 330 g/mol. The lowest BCUT2D eigenvalue weighted by atomic mass is 10.1. The zero-order valence-corrected chi connectivity index (χ0v) is 12.7. The van der Waals surface area contributed by atoms with Gasteiger partial charge in [0.2, 0.25) is 0 Å². The highest BCUT2D eigenvalue weighted by Gasteiger charge is 2.19. The fourth-order valence-electron chi connectivity index (χ4n) is 1.95. The van der Waals surface area contributed by atoms with Crippen molar-refractivity contribution in [3.8, 4) is 0 Å². The van der Waals surface area contributed by atoms with E-state index in [1.807, 2.05) is 30.3 Å². The number of ether oxygens (including phenoxy) is 1. The van der Waals surface area contributed by atoms with Gasteiger partial charge < -0.3 is 4.74 Å². The molecule has 0 atom stereocenters. The predicted molar refractivity (Wildman–Crippen MR) is 88.2 cm³/mol. The minimum absolute atomic E-state index is 0.0511. The summed E-state index contributed by atoms with van der Waals surface area (Å²) in [5, 5.41) is 26.0. The molecule has 0 aromatic heterocycles. The number of methoxy groups -OCH3 is 1. The van der Waals surface area contributed by atoms with E-state index in [0.717, 1.165) is 11.6 Å². The Morgan fingerprint density at radius 2 is 1.83 bits per heavy atom. The van der Waals surface area contributed by atoms with Gasteiger partial charge in [-0.05, 0) is 6.07 Å². The lowest BCUT2D eigenvalue weighted by Crippen LogP contribution is -2.11. The van der Waals surface area contributed by atoms with Gasteiger partial charge in [0.25, 0.3) is 5.69 Å². The maximum absolute atomic E-state index is 11.1. The van der Waals surface area contributed by atoms with Gasteiger partial charge in [-0.15, -0.1) is 0 Å². The Labute approximate surface area is 136 Å². The first-order chi connectivity index (χ1) is 11.5. The molecule has 2 rings (SSSR count). The van der Waals surface area contributed by atoms with Crippen molar-refractivity contribution in [2.75, 3.05) is 19.1 Å². The SMILES string of the molecule is COCC(=NNc1ccc([N+](=O)[O-])cc1[N+](=O)[O-])c1ccccc1. The Kier molecular flexibility index (Phi) is 5.53. The number of hydrazone groups is 1. The summed E-state index contributed by atoms with van der Waals surface area (Å²) in [6.07, 6.45) is 0. The van der Waals surface area contributed by atoms with E-state index in [1.54, 1.807) is 0 Å². The summed E-state index contributed by atoms with van der Waals surface area (Å²) in [6.45, 7) is 0.192. The minimum atomic E-state index is -0.705. The lowest BCUT2D eigenvalue weighted by molar-refractivity contribution is -0.393. The highest BCUT2D eigenvalue weighted by Crippen LogP contribution is 2.29. The van der Waals surface area contributed by atoms with Crippen LogP contribution in [0.25, 0.3) is 0 Å². The molecule has 0 bridgehead atoms. The van der Waals surface area contributed by atoms with Gasteiger partial charge in [0.1, 0.15) is 5.69 Å². The summed E-state index contributed by atoms with van der Waals surface area (Å²) >= 11 is 0. The molecule has 24 heavy (non-hydrogen) atoms. The zero-order chi connectivity index (χ0) is 17.5. The number of hydrogen-bond donors (Lipinski definition) is 1. The number of nitro benzene ring substituents is 2. The second kappa shape index (κ2) is 7.79. The Morgan fingerprint density at radius 3 is 2.42 bits per heavy atom. The van der Waals surface area contributed by atoms with E-state index in [2.05, 4.69) is 10.5 Å². The van der Waals surface area contributed by atoms with Gasteiger partial charge in [-0.2, -0.15) is 5.10 Å². The van der Waals surface area contributed by atoms with E-state index >= 15 is 0 Å². The number of rotatable bonds is 7. The van der Waals surface area contributed by atoms with Gasteiger partial charge in [-0.3, -0.25) is 25.7 Å². The fraction of sp³-hybridized carbons (Fsp3) is 0.133. The number of non-ortho nitro benzene ring substituents is 1. The topological polar surface area (TPSA) is 120 Å². The van der Waals surface area contributed by atoms with E-state index in [1.165, 1.54) is 19.2 Å². The van der Waals surface area contributed by atoms with Crippen LogP contribution in [0, 0.1) is 20.2 Å². The first-order valence-corrected chi connectivity index (χ1v) is 6.82. The van der Waals surface area contributed by atoms with E-state index in [9.17, 15) is 20.2 Å². The zero-order valence-electron chi connectivity index (χ0n) is 12.7. The van der Waals surface area contributed by atoms with Crippen molar-refractivity contribution in [1.29, 1.82) is 0 Å². The molecule has 2 aromatic carbocycles. The molecule has 9 heteroatoms. The van der Waals surface area contributed by atoms with Gasteiger partial charge in [0.15, 0.2) is 0 Å². The van der Waals surface area contributed by atoms with Gasteiger partial charge in [-0.1, -0.05) is 30.3 Å². The summed E-state index contributed by atoms with van der Waals surface area (Å²) < 4.78 is 5.08. The molecule has 0 aliphatic heterocycles. The van der Waals surface area contributed by atoms with Crippen molar-refractivity contribution in [3.63, 3.8) is 0 Å². The van der Waals surface area contributed by atoms with Crippen LogP contribution in [-0.4, -0.2) is 29.3 Å². The number of anilines is 1. The van der Waals surface area contributed by atoms with Crippen molar-refractivity contribution in [2.45, 2.75) is 0 Å². The normalized spacial score (nSPS) is 11.1. The standard InChI is InChI=1S/C15H14N4O5/c1-24-10-14(11-5-3-2-4-6-11)17-16-13-8-7-12(18(20)21)9-15(13)19(22)23/h2-9,16H,10H2,1H3. The molecular weight excluding hydrogens is 316 g/mol. The average molecular weight is 330 g/mol. The Bertz CT molecular complexity index is 777. The predicted octanol–water partition coefficient (Wildman–Crippen LogP) is 2.97. The molecule has 0 heterocycles. The van der Waals surface area contributed by atoms with Crippen molar-refractivity contribution >= 4 is 22.8 Å². The third-order valence-electron chi connectivity index (χ3n) is 3.09. The van der Waals surface area contributed by atoms with E-state index in [-0.39, 0.29) is 18.0 Å². The Morgan fingerprint density at radius 1 is 1.12 bits per heavy atom. The molecule has 0 saturated heterocycles. The molecule has 124 valence electrons. The maximum Gasteiger partial charge on any atom is 0.301 e. The van der Waals surface area contributed by atoms with E-state index in [0.29, 0.717) is 5.71 Å². The van der Waals surface area contributed by atoms with Crippen LogP contribution in [0.5, 0.6) is 0 Å². The quantitative estimate of drug-likeness (QED) is 0.473. The molecule has 0 aliphatic rings. The van der Waals surface area contributed by atoms with Crippen LogP contribution < -0.4 is 5.43 Å². The maximum atomic E-state index is 11.1. The van der Waals surface area contributed by atoms with Crippen LogP contribution in [-0.2, 0) is 4.74 Å². The first-order valence-electron chi connectivity index (χ1n) is 6.82. The van der Waals surface area contributed by atoms with Gasteiger partial charge in [0.05, 0.1) is 28.2 Å². The van der Waals surface area contributed by atoms with Crippen molar-refractivity contribution in [3.05, 3.63) is 74.3 Å². The third kappa shape index (κ3) is 4.11. The summed E-state index contributed by atoms with van der Waals surface area (Å²) in [6, 6.07) is 12.5. The highest BCUT2D eigenvalue weighted by atomic mass is 16.6. The number of benzene rings is 2. The molecule has 1 N–H and O–H groups in total. The summed E-state index contributed by atoms with van der Waals surface area (Å²) in [5.41, 5.74) is 3.16. The van der Waals surface area contributed by atoms with Crippen LogP contribution in [0.15, 0.2) is 53.6 Å². The number of nitrogens with one attached hydrogen (secondary N) is 1. The van der Waals surface area contributed by atoms with Gasteiger partial charge >= 0.3 is 5.69 Å². The summed E-state index contributed by atoms with van der Waals surface area (Å²) in [5.74, 6) is 0. The van der Waals surface area contributed by atoms with Gasteiger partial charge in [0, 0.05) is 18.7 Å². The molecule has 0 unspecified atom stereocenters. The average Bonchev–Trinajstić information content (AvgIpc) is 2.59. The molecule has 0 aliphatic carbocycles.